The molecule has 2 rings (SSSR count). The molecular formula is C13H18N4. The molecule has 1 heterocycles. The summed E-state index contributed by atoms with van der Waals surface area (Å²) in [5, 5.41) is 10.2. The molecule has 4 nitrogen and oxygen atoms in total. The molecule has 0 saturated carbocycles. The van der Waals surface area contributed by atoms with Crippen LogP contribution in [-0.2, 0) is 6.42 Å². The van der Waals surface area contributed by atoms with Crippen LogP contribution in [-0.4, -0.2) is 21.7 Å². The van der Waals surface area contributed by atoms with Crippen LogP contribution >= 0.6 is 0 Å². The van der Waals surface area contributed by atoms with Gasteiger partial charge in [0.15, 0.2) is 0 Å². The van der Waals surface area contributed by atoms with E-state index in [1.54, 1.807) is 6.33 Å². The third-order valence-electron chi connectivity index (χ3n) is 2.84. The molecule has 0 saturated heterocycles. The number of aromatic nitrogens is 3. The van der Waals surface area contributed by atoms with Gasteiger partial charge in [0.2, 0.25) is 0 Å². The summed E-state index contributed by atoms with van der Waals surface area (Å²) in [6.45, 7) is 5.14. The molecule has 1 atom stereocenters. The molecular weight excluding hydrogens is 212 g/mol. The molecule has 0 spiro atoms. The Balaban J connectivity index is 2.26. The van der Waals surface area contributed by atoms with Crippen molar-refractivity contribution < 1.29 is 0 Å². The Kier molecular flexibility index (Phi) is 3.88. The van der Waals surface area contributed by atoms with Gasteiger partial charge in [-0.15, -0.1) is 0 Å². The zero-order chi connectivity index (χ0) is 12.1. The summed E-state index contributed by atoms with van der Waals surface area (Å²) < 4.78 is 0. The second-order valence-corrected chi connectivity index (χ2v) is 3.96. The van der Waals surface area contributed by atoms with E-state index >= 15 is 0 Å². The normalized spacial score (nSPS) is 12.6. The monoisotopic (exact) mass is 230 g/mol. The van der Waals surface area contributed by atoms with Crippen LogP contribution in [0.25, 0.3) is 0 Å². The average Bonchev–Trinajstić information content (AvgIpc) is 2.90. The molecule has 0 amide bonds. The van der Waals surface area contributed by atoms with Gasteiger partial charge in [0.1, 0.15) is 12.2 Å². The lowest BCUT2D eigenvalue weighted by molar-refractivity contribution is 0.600. The molecule has 0 aliphatic rings. The van der Waals surface area contributed by atoms with Gasteiger partial charge in [0.25, 0.3) is 0 Å². The largest absolute Gasteiger partial charge is 0.304 e. The number of aryl methyl sites for hydroxylation is 1. The van der Waals surface area contributed by atoms with Crippen LogP contribution in [0.1, 0.15) is 36.8 Å². The van der Waals surface area contributed by atoms with E-state index in [0.717, 1.165) is 18.8 Å². The summed E-state index contributed by atoms with van der Waals surface area (Å²) in [6, 6.07) is 8.71. The zero-order valence-electron chi connectivity index (χ0n) is 10.3. The molecule has 1 aromatic carbocycles. The fourth-order valence-corrected chi connectivity index (χ4v) is 1.88. The summed E-state index contributed by atoms with van der Waals surface area (Å²) >= 11 is 0. The number of benzene rings is 1. The summed E-state index contributed by atoms with van der Waals surface area (Å²) in [4.78, 5) is 4.22. The van der Waals surface area contributed by atoms with Crippen molar-refractivity contribution in [3.63, 3.8) is 0 Å². The van der Waals surface area contributed by atoms with Crippen molar-refractivity contribution >= 4 is 0 Å². The third kappa shape index (κ3) is 2.71. The summed E-state index contributed by atoms with van der Waals surface area (Å²) in [5.74, 6) is 0.857. The maximum atomic E-state index is 4.22. The lowest BCUT2D eigenvalue weighted by Crippen LogP contribution is -2.23. The zero-order valence-corrected chi connectivity index (χ0v) is 10.3. The lowest BCUT2D eigenvalue weighted by Gasteiger charge is -2.15. The van der Waals surface area contributed by atoms with Gasteiger partial charge in [-0.1, -0.05) is 38.1 Å². The first-order valence-corrected chi connectivity index (χ1v) is 6.02. The Hall–Kier alpha value is -1.68. The molecule has 0 radical (unpaired) electrons. The maximum absolute atomic E-state index is 4.22. The van der Waals surface area contributed by atoms with Crippen molar-refractivity contribution in [3.8, 4) is 0 Å². The van der Waals surface area contributed by atoms with E-state index in [4.69, 9.17) is 0 Å². The highest BCUT2D eigenvalue weighted by atomic mass is 15.2. The number of hydrogen-bond donors (Lipinski definition) is 2. The quantitative estimate of drug-likeness (QED) is 0.826. The van der Waals surface area contributed by atoms with E-state index in [1.807, 2.05) is 0 Å². The van der Waals surface area contributed by atoms with E-state index in [-0.39, 0.29) is 6.04 Å². The van der Waals surface area contributed by atoms with E-state index < -0.39 is 0 Å². The summed E-state index contributed by atoms with van der Waals surface area (Å²) in [6.07, 6.45) is 2.61. The van der Waals surface area contributed by atoms with Crippen molar-refractivity contribution in [2.75, 3.05) is 6.54 Å². The van der Waals surface area contributed by atoms with Crippen molar-refractivity contribution in [1.29, 1.82) is 0 Å². The second kappa shape index (κ2) is 5.59. The van der Waals surface area contributed by atoms with Crippen LogP contribution in [0.5, 0.6) is 0 Å². The van der Waals surface area contributed by atoms with Gasteiger partial charge in [-0.25, -0.2) is 4.98 Å². The molecule has 4 heteroatoms. The molecule has 2 N–H and O–H groups in total. The predicted octanol–water partition coefficient (Wildman–Crippen LogP) is 2.07. The van der Waals surface area contributed by atoms with Crippen LogP contribution in [0, 0.1) is 0 Å². The Morgan fingerprint density at radius 3 is 2.53 bits per heavy atom. The van der Waals surface area contributed by atoms with Crippen molar-refractivity contribution in [1.82, 2.24) is 20.5 Å². The number of rotatable bonds is 5. The molecule has 1 aromatic heterocycles. The van der Waals surface area contributed by atoms with Gasteiger partial charge in [0.05, 0.1) is 6.04 Å². The number of nitrogens with one attached hydrogen (secondary N) is 2. The minimum atomic E-state index is 0.0911. The lowest BCUT2D eigenvalue weighted by atomic mass is 10.0. The SMILES string of the molecule is CCNC(c1ccc(CC)cc1)c1ncn[nH]1. The number of nitrogens with zero attached hydrogens (tertiary/aromatic N) is 2. The van der Waals surface area contributed by atoms with Crippen LogP contribution < -0.4 is 5.32 Å². The van der Waals surface area contributed by atoms with Crippen molar-refractivity contribution in [2.24, 2.45) is 0 Å². The molecule has 0 fully saturated rings. The molecule has 17 heavy (non-hydrogen) atoms. The third-order valence-corrected chi connectivity index (χ3v) is 2.84. The van der Waals surface area contributed by atoms with Gasteiger partial charge in [-0.3, -0.25) is 5.10 Å². The van der Waals surface area contributed by atoms with Gasteiger partial charge in [0, 0.05) is 0 Å². The van der Waals surface area contributed by atoms with Crippen LogP contribution in [0.3, 0.4) is 0 Å². The predicted molar refractivity (Wildman–Crippen MR) is 67.7 cm³/mol. The summed E-state index contributed by atoms with van der Waals surface area (Å²) in [5.41, 5.74) is 2.56. The second-order valence-electron chi connectivity index (χ2n) is 3.96. The highest BCUT2D eigenvalue weighted by Crippen LogP contribution is 2.19. The minimum absolute atomic E-state index is 0.0911. The fraction of sp³-hybridized carbons (Fsp3) is 0.385. The number of H-pyrrole nitrogens is 1. The van der Waals surface area contributed by atoms with Crippen LogP contribution in [0.2, 0.25) is 0 Å². The molecule has 0 aliphatic heterocycles. The van der Waals surface area contributed by atoms with Crippen LogP contribution in [0.15, 0.2) is 30.6 Å². The minimum Gasteiger partial charge on any atom is -0.304 e. The Bertz CT molecular complexity index is 433. The summed E-state index contributed by atoms with van der Waals surface area (Å²) in [7, 11) is 0. The first-order chi connectivity index (χ1) is 8.35. The molecule has 0 bridgehead atoms. The Morgan fingerprint density at radius 1 is 1.24 bits per heavy atom. The first-order valence-electron chi connectivity index (χ1n) is 6.02. The van der Waals surface area contributed by atoms with Crippen molar-refractivity contribution in [2.45, 2.75) is 26.3 Å². The molecule has 2 aromatic rings. The highest BCUT2D eigenvalue weighted by molar-refractivity contribution is 5.28. The van der Waals surface area contributed by atoms with E-state index in [1.165, 1.54) is 11.1 Å². The topological polar surface area (TPSA) is 53.6 Å². The smallest absolute Gasteiger partial charge is 0.145 e. The van der Waals surface area contributed by atoms with Gasteiger partial charge < -0.3 is 5.32 Å². The van der Waals surface area contributed by atoms with Gasteiger partial charge >= 0.3 is 0 Å². The van der Waals surface area contributed by atoms with Crippen molar-refractivity contribution in [3.05, 3.63) is 47.5 Å². The standard InChI is InChI=1S/C13H18N4/c1-3-10-5-7-11(8-6-10)12(14-4-2)13-15-9-16-17-13/h5-9,12,14H,3-4H2,1-2H3,(H,15,16,17). The number of aromatic amines is 1. The number of hydrogen-bond acceptors (Lipinski definition) is 3. The Labute approximate surface area is 101 Å². The molecule has 1 unspecified atom stereocenters. The van der Waals surface area contributed by atoms with E-state index in [9.17, 15) is 0 Å². The fourth-order valence-electron chi connectivity index (χ4n) is 1.88. The van der Waals surface area contributed by atoms with E-state index in [0.29, 0.717) is 0 Å². The van der Waals surface area contributed by atoms with Gasteiger partial charge in [-0.05, 0) is 24.1 Å². The molecule has 0 aliphatic carbocycles. The average molecular weight is 230 g/mol. The van der Waals surface area contributed by atoms with Crippen LogP contribution in [0.4, 0.5) is 0 Å². The van der Waals surface area contributed by atoms with E-state index in [2.05, 4.69) is 58.6 Å². The Morgan fingerprint density at radius 2 is 2.00 bits per heavy atom. The van der Waals surface area contributed by atoms with Gasteiger partial charge in [-0.2, -0.15) is 5.10 Å². The first kappa shape index (κ1) is 11.8. The maximum Gasteiger partial charge on any atom is 0.145 e. The highest BCUT2D eigenvalue weighted by Gasteiger charge is 2.15. The molecule has 90 valence electrons.